The molecule has 0 saturated carbocycles. The van der Waals surface area contributed by atoms with E-state index in [2.05, 4.69) is 25.2 Å². The number of imidazole rings is 1. The molecule has 0 saturated heterocycles. The smallest absolute Gasteiger partial charge is 0.257 e. The number of nitrogens with zero attached hydrogens (tertiary/aromatic N) is 3. The maximum atomic E-state index is 12.7. The fraction of sp³-hybridized carbons (Fsp3) is 0.0833. The molecule has 7 heteroatoms. The zero-order valence-electron chi connectivity index (χ0n) is 16.9. The van der Waals surface area contributed by atoms with Gasteiger partial charge in [0.05, 0.1) is 5.56 Å². The van der Waals surface area contributed by atoms with Gasteiger partial charge in [0.25, 0.3) is 11.8 Å². The molecule has 0 aliphatic heterocycles. The zero-order valence-corrected chi connectivity index (χ0v) is 16.9. The average Bonchev–Trinajstić information content (AvgIpc) is 3.20. The first-order valence-corrected chi connectivity index (χ1v) is 9.78. The van der Waals surface area contributed by atoms with Crippen LogP contribution in [0.15, 0.2) is 85.5 Å². The molecule has 2 N–H and O–H groups in total. The summed E-state index contributed by atoms with van der Waals surface area (Å²) in [5.74, 6) is 0.415. The third-order valence-corrected chi connectivity index (χ3v) is 4.79. The van der Waals surface area contributed by atoms with Gasteiger partial charge in [-0.05, 0) is 55.0 Å². The first-order chi connectivity index (χ1) is 15.1. The number of carbonyl (C=O) groups excluding carboxylic acids is 2. The number of hydrogen-bond donors (Lipinski definition) is 2. The minimum atomic E-state index is -0.283. The Bertz CT molecular complexity index is 1200. The van der Waals surface area contributed by atoms with Crippen LogP contribution in [-0.2, 0) is 6.54 Å². The predicted molar refractivity (Wildman–Crippen MR) is 119 cm³/mol. The molecule has 2 aromatic carbocycles. The van der Waals surface area contributed by atoms with E-state index in [1.807, 2.05) is 37.4 Å². The van der Waals surface area contributed by atoms with Gasteiger partial charge < -0.3 is 15.2 Å². The molecule has 0 aliphatic rings. The van der Waals surface area contributed by atoms with Crippen molar-refractivity contribution in [2.45, 2.75) is 13.5 Å². The highest BCUT2D eigenvalue weighted by Crippen LogP contribution is 2.16. The van der Waals surface area contributed by atoms with E-state index in [9.17, 15) is 9.59 Å². The van der Waals surface area contributed by atoms with Crippen LogP contribution in [0, 0.1) is 6.92 Å². The van der Waals surface area contributed by atoms with Crippen molar-refractivity contribution in [2.24, 2.45) is 0 Å². The number of hydrogen-bond acceptors (Lipinski definition) is 4. The number of benzene rings is 2. The van der Waals surface area contributed by atoms with Crippen molar-refractivity contribution in [3.8, 4) is 0 Å². The van der Waals surface area contributed by atoms with E-state index >= 15 is 0 Å². The number of aryl methyl sites for hydroxylation is 1. The van der Waals surface area contributed by atoms with Gasteiger partial charge in [-0.2, -0.15) is 0 Å². The van der Waals surface area contributed by atoms with E-state index in [1.165, 1.54) is 6.20 Å². The second-order valence-corrected chi connectivity index (χ2v) is 7.03. The van der Waals surface area contributed by atoms with Crippen LogP contribution in [0.2, 0.25) is 0 Å². The van der Waals surface area contributed by atoms with Crippen molar-refractivity contribution >= 4 is 23.2 Å². The van der Waals surface area contributed by atoms with Crippen LogP contribution < -0.4 is 10.6 Å². The van der Waals surface area contributed by atoms with Gasteiger partial charge in [0.15, 0.2) is 0 Å². The molecular weight excluding hydrogens is 390 g/mol. The number of pyridine rings is 1. The Labute approximate surface area is 179 Å². The lowest BCUT2D eigenvalue weighted by Gasteiger charge is -2.10. The molecule has 0 fully saturated rings. The summed E-state index contributed by atoms with van der Waals surface area (Å²) < 4.78 is 2.05. The molecule has 4 rings (SSSR count). The lowest BCUT2D eigenvalue weighted by Crippen LogP contribution is -2.14. The summed E-state index contributed by atoms with van der Waals surface area (Å²) >= 11 is 0. The van der Waals surface area contributed by atoms with Gasteiger partial charge in [0.2, 0.25) is 0 Å². The van der Waals surface area contributed by atoms with Crippen LogP contribution in [0.25, 0.3) is 0 Å². The van der Waals surface area contributed by atoms with Crippen molar-refractivity contribution in [1.29, 1.82) is 0 Å². The van der Waals surface area contributed by atoms with E-state index in [-0.39, 0.29) is 11.8 Å². The highest BCUT2D eigenvalue weighted by Gasteiger charge is 2.10. The Morgan fingerprint density at radius 3 is 2.32 bits per heavy atom. The van der Waals surface area contributed by atoms with Gasteiger partial charge >= 0.3 is 0 Å². The molecule has 0 bridgehead atoms. The lowest BCUT2D eigenvalue weighted by molar-refractivity contribution is 0.101. The highest BCUT2D eigenvalue weighted by molar-refractivity contribution is 6.07. The summed E-state index contributed by atoms with van der Waals surface area (Å²) in [7, 11) is 0. The summed E-state index contributed by atoms with van der Waals surface area (Å²) in [5.41, 5.74) is 3.23. The molecule has 0 atom stereocenters. The molecule has 0 radical (unpaired) electrons. The quantitative estimate of drug-likeness (QED) is 0.499. The monoisotopic (exact) mass is 411 g/mol. The predicted octanol–water partition coefficient (Wildman–Crippen LogP) is 4.14. The maximum Gasteiger partial charge on any atom is 0.257 e. The minimum Gasteiger partial charge on any atom is -0.331 e. The van der Waals surface area contributed by atoms with Gasteiger partial charge in [-0.15, -0.1) is 0 Å². The molecule has 4 aromatic rings. The number of aromatic nitrogens is 3. The third kappa shape index (κ3) is 5.02. The van der Waals surface area contributed by atoms with Crippen LogP contribution in [0.5, 0.6) is 0 Å². The molecule has 2 aromatic heterocycles. The average molecular weight is 411 g/mol. The zero-order chi connectivity index (χ0) is 21.6. The standard InChI is InChI=1S/C24H21N5O2/c1-17-26-12-13-29(17)16-18-7-9-21(10-8-18)27-23(30)19-4-2-6-22(14-19)28-24(31)20-5-3-11-25-15-20/h2-15H,16H2,1H3,(H,27,30)(H,28,31). The number of carbonyl (C=O) groups is 2. The fourth-order valence-electron chi connectivity index (χ4n) is 3.10. The maximum absolute atomic E-state index is 12.7. The summed E-state index contributed by atoms with van der Waals surface area (Å²) in [4.78, 5) is 33.1. The third-order valence-electron chi connectivity index (χ3n) is 4.79. The van der Waals surface area contributed by atoms with Gasteiger partial charge in [-0.3, -0.25) is 14.6 Å². The van der Waals surface area contributed by atoms with Gasteiger partial charge in [0, 0.05) is 48.3 Å². The van der Waals surface area contributed by atoms with Crippen molar-refractivity contribution < 1.29 is 9.59 Å². The van der Waals surface area contributed by atoms with E-state index in [0.717, 1.165) is 17.9 Å². The van der Waals surface area contributed by atoms with Crippen LogP contribution in [0.3, 0.4) is 0 Å². The molecule has 154 valence electrons. The first-order valence-electron chi connectivity index (χ1n) is 9.78. The molecule has 2 amide bonds. The summed E-state index contributed by atoms with van der Waals surface area (Å²) in [6.45, 7) is 2.68. The molecule has 2 heterocycles. The summed E-state index contributed by atoms with van der Waals surface area (Å²) in [6.07, 6.45) is 6.80. The van der Waals surface area contributed by atoms with Gasteiger partial charge in [-0.1, -0.05) is 18.2 Å². The highest BCUT2D eigenvalue weighted by atomic mass is 16.2. The van der Waals surface area contributed by atoms with E-state index < -0.39 is 0 Å². The van der Waals surface area contributed by atoms with Crippen LogP contribution in [-0.4, -0.2) is 26.3 Å². The summed E-state index contributed by atoms with van der Waals surface area (Å²) in [6, 6.07) is 17.9. The van der Waals surface area contributed by atoms with Crippen molar-refractivity contribution in [1.82, 2.24) is 14.5 Å². The second-order valence-electron chi connectivity index (χ2n) is 7.03. The molecule has 0 unspecified atom stereocenters. The van der Waals surface area contributed by atoms with Gasteiger partial charge in [-0.25, -0.2) is 4.98 Å². The van der Waals surface area contributed by atoms with Crippen LogP contribution in [0.4, 0.5) is 11.4 Å². The Balaban J connectivity index is 1.40. The lowest BCUT2D eigenvalue weighted by atomic mass is 10.1. The molecular formula is C24H21N5O2. The van der Waals surface area contributed by atoms with E-state index in [4.69, 9.17) is 0 Å². The van der Waals surface area contributed by atoms with Gasteiger partial charge in [0.1, 0.15) is 5.82 Å². The molecule has 0 spiro atoms. The van der Waals surface area contributed by atoms with Crippen molar-refractivity contribution in [3.63, 3.8) is 0 Å². The van der Waals surface area contributed by atoms with E-state index in [0.29, 0.717) is 22.5 Å². The van der Waals surface area contributed by atoms with Crippen molar-refractivity contribution in [2.75, 3.05) is 10.6 Å². The Hall–Kier alpha value is -4.26. The largest absolute Gasteiger partial charge is 0.331 e. The number of rotatable bonds is 6. The topological polar surface area (TPSA) is 88.9 Å². The van der Waals surface area contributed by atoms with E-state index in [1.54, 1.807) is 48.8 Å². The number of anilines is 2. The summed E-state index contributed by atoms with van der Waals surface area (Å²) in [5, 5.41) is 5.67. The SMILES string of the molecule is Cc1nccn1Cc1ccc(NC(=O)c2cccc(NC(=O)c3cccnc3)c2)cc1. The van der Waals surface area contributed by atoms with Crippen LogP contribution in [0.1, 0.15) is 32.1 Å². The molecule has 7 nitrogen and oxygen atoms in total. The minimum absolute atomic E-state index is 0.254. The Morgan fingerprint density at radius 1 is 0.871 bits per heavy atom. The second kappa shape index (κ2) is 9.04. The van der Waals surface area contributed by atoms with Crippen molar-refractivity contribution in [3.05, 3.63) is 108 Å². The Kier molecular flexibility index (Phi) is 5.84. The molecule has 0 aliphatic carbocycles. The Morgan fingerprint density at radius 2 is 1.61 bits per heavy atom. The fourth-order valence-corrected chi connectivity index (χ4v) is 3.10. The first kappa shape index (κ1) is 20.0. The van der Waals surface area contributed by atoms with Crippen LogP contribution >= 0.6 is 0 Å². The number of amides is 2. The normalized spacial score (nSPS) is 10.5. The molecule has 31 heavy (non-hydrogen) atoms. The number of nitrogens with one attached hydrogen (secondary N) is 2.